The van der Waals surface area contributed by atoms with Crippen LogP contribution in [0.15, 0.2) is 64.6 Å². The molecule has 0 aliphatic carbocycles. The van der Waals surface area contributed by atoms with Gasteiger partial charge in [-0.2, -0.15) is 0 Å². The second kappa shape index (κ2) is 6.93. The van der Waals surface area contributed by atoms with Crippen LogP contribution in [-0.2, 0) is 9.53 Å². The van der Waals surface area contributed by atoms with Crippen LogP contribution in [0.4, 0.5) is 0 Å². The summed E-state index contributed by atoms with van der Waals surface area (Å²) < 4.78 is 11.0. The summed E-state index contributed by atoms with van der Waals surface area (Å²) in [5, 5.41) is 11.6. The van der Waals surface area contributed by atoms with Crippen LogP contribution >= 0.6 is 0 Å². The van der Waals surface area contributed by atoms with Gasteiger partial charge in [0.2, 0.25) is 5.78 Å². The van der Waals surface area contributed by atoms with Crippen molar-refractivity contribution in [1.29, 1.82) is 0 Å². The van der Waals surface area contributed by atoms with Crippen molar-refractivity contribution < 1.29 is 23.8 Å². The average molecular weight is 392 g/mol. The number of benzene rings is 1. The molecule has 1 aromatic carbocycles. The molecule has 7 heteroatoms. The number of ketones is 1. The summed E-state index contributed by atoms with van der Waals surface area (Å²) in [6.07, 6.45) is 4.85. The third-order valence-electron chi connectivity index (χ3n) is 5.63. The highest BCUT2D eigenvalue weighted by Crippen LogP contribution is 2.42. The topological polar surface area (TPSA) is 95.8 Å². The highest BCUT2D eigenvalue weighted by molar-refractivity contribution is 6.15. The molecule has 29 heavy (non-hydrogen) atoms. The third kappa shape index (κ3) is 2.86. The van der Waals surface area contributed by atoms with Crippen LogP contribution in [0, 0.1) is 0 Å². The van der Waals surface area contributed by atoms with E-state index in [1.165, 1.54) is 17.2 Å². The molecule has 148 valence electrons. The van der Waals surface area contributed by atoms with Crippen LogP contribution in [0.2, 0.25) is 0 Å². The Morgan fingerprint density at radius 2 is 2.10 bits per heavy atom. The summed E-state index contributed by atoms with van der Waals surface area (Å²) in [5.41, 5.74) is 1.68. The average Bonchev–Trinajstić information content (AvgIpc) is 3.52. The Kier molecular flexibility index (Phi) is 4.24. The van der Waals surface area contributed by atoms with Gasteiger partial charge < -0.3 is 24.1 Å². The molecule has 0 radical (unpaired) electrons. The van der Waals surface area contributed by atoms with Gasteiger partial charge in [0.05, 0.1) is 24.0 Å². The lowest BCUT2D eigenvalue weighted by atomic mass is 9.94. The SMILES string of the molecule is O=C(C1=C(O)C(=O)N(CC2CCCO2)C1c1c[nH]c2ccccc12)c1ccco1. The van der Waals surface area contributed by atoms with Gasteiger partial charge in [-0.15, -0.1) is 0 Å². The van der Waals surface area contributed by atoms with E-state index < -0.39 is 23.5 Å². The number of amides is 1. The molecule has 2 unspecified atom stereocenters. The first-order chi connectivity index (χ1) is 14.1. The zero-order valence-corrected chi connectivity index (χ0v) is 15.6. The van der Waals surface area contributed by atoms with Crippen LogP contribution in [-0.4, -0.2) is 45.9 Å². The highest BCUT2D eigenvalue weighted by Gasteiger charge is 2.46. The number of nitrogens with one attached hydrogen (secondary N) is 1. The molecule has 0 saturated carbocycles. The third-order valence-corrected chi connectivity index (χ3v) is 5.63. The lowest BCUT2D eigenvalue weighted by molar-refractivity contribution is -0.131. The van der Waals surface area contributed by atoms with E-state index in [0.29, 0.717) is 13.2 Å². The molecule has 1 fully saturated rings. The normalized spacial score (nSPS) is 22.2. The number of hydrogen-bond acceptors (Lipinski definition) is 5. The number of hydrogen-bond donors (Lipinski definition) is 2. The Morgan fingerprint density at radius 1 is 1.24 bits per heavy atom. The number of Topliss-reactive ketones (excluding diaryl/α,β-unsaturated/α-hetero) is 1. The van der Waals surface area contributed by atoms with Crippen molar-refractivity contribution in [2.75, 3.05) is 13.2 Å². The smallest absolute Gasteiger partial charge is 0.290 e. The Labute approximate surface area is 166 Å². The summed E-state index contributed by atoms with van der Waals surface area (Å²) in [6, 6.07) is 10.1. The molecule has 1 saturated heterocycles. The first-order valence-corrected chi connectivity index (χ1v) is 9.65. The zero-order valence-electron chi connectivity index (χ0n) is 15.6. The Hall–Kier alpha value is -3.32. The fourth-order valence-electron chi connectivity index (χ4n) is 4.27. The van der Waals surface area contributed by atoms with Crippen molar-refractivity contribution in [3.8, 4) is 0 Å². The van der Waals surface area contributed by atoms with Crippen molar-refractivity contribution in [2.45, 2.75) is 25.0 Å². The Morgan fingerprint density at radius 3 is 2.86 bits per heavy atom. The van der Waals surface area contributed by atoms with Crippen molar-refractivity contribution in [3.63, 3.8) is 0 Å². The van der Waals surface area contributed by atoms with Gasteiger partial charge in [-0.3, -0.25) is 9.59 Å². The first kappa shape index (κ1) is 17.8. The van der Waals surface area contributed by atoms with Crippen LogP contribution < -0.4 is 0 Å². The fourth-order valence-corrected chi connectivity index (χ4v) is 4.27. The summed E-state index contributed by atoms with van der Waals surface area (Å²) >= 11 is 0. The summed E-state index contributed by atoms with van der Waals surface area (Å²) in [7, 11) is 0. The maximum absolute atomic E-state index is 13.2. The molecule has 7 nitrogen and oxygen atoms in total. The number of fused-ring (bicyclic) bond motifs is 1. The molecule has 3 aromatic rings. The maximum atomic E-state index is 13.2. The van der Waals surface area contributed by atoms with E-state index in [1.807, 2.05) is 24.3 Å². The van der Waals surface area contributed by atoms with Crippen molar-refractivity contribution in [2.24, 2.45) is 0 Å². The zero-order chi connectivity index (χ0) is 20.0. The summed E-state index contributed by atoms with van der Waals surface area (Å²) in [6.45, 7) is 0.962. The van der Waals surface area contributed by atoms with Crippen molar-refractivity contribution in [1.82, 2.24) is 9.88 Å². The number of aliphatic hydroxyl groups is 1. The number of aliphatic hydroxyl groups excluding tert-OH is 1. The lowest BCUT2D eigenvalue weighted by Crippen LogP contribution is -2.37. The van der Waals surface area contributed by atoms with E-state index in [1.54, 1.807) is 12.3 Å². The minimum Gasteiger partial charge on any atom is -0.503 e. The maximum Gasteiger partial charge on any atom is 0.290 e. The molecule has 2 atom stereocenters. The van der Waals surface area contributed by atoms with Gasteiger partial charge in [0.1, 0.15) is 0 Å². The Bertz CT molecular complexity index is 1110. The number of nitrogens with zero attached hydrogens (tertiary/aromatic N) is 1. The van der Waals surface area contributed by atoms with E-state index >= 15 is 0 Å². The predicted octanol–water partition coefficient (Wildman–Crippen LogP) is 3.52. The number of ether oxygens (including phenoxy) is 1. The van der Waals surface area contributed by atoms with Crippen LogP contribution in [0.5, 0.6) is 0 Å². The molecule has 2 aliphatic heterocycles. The molecular weight excluding hydrogens is 372 g/mol. The van der Waals surface area contributed by atoms with Crippen LogP contribution in [0.1, 0.15) is 35.0 Å². The molecule has 1 amide bonds. The molecule has 0 spiro atoms. The number of carbonyl (C=O) groups excluding carboxylic acids is 2. The summed E-state index contributed by atoms with van der Waals surface area (Å²) in [5.74, 6) is -1.50. The van der Waals surface area contributed by atoms with Gasteiger partial charge in [-0.1, -0.05) is 18.2 Å². The van der Waals surface area contributed by atoms with Crippen molar-refractivity contribution >= 4 is 22.6 Å². The molecule has 0 bridgehead atoms. The van der Waals surface area contributed by atoms with Crippen LogP contribution in [0.3, 0.4) is 0 Å². The second-order valence-corrected chi connectivity index (χ2v) is 7.35. The van der Waals surface area contributed by atoms with E-state index in [-0.39, 0.29) is 17.4 Å². The monoisotopic (exact) mass is 392 g/mol. The van der Waals surface area contributed by atoms with Gasteiger partial charge in [0.25, 0.3) is 5.91 Å². The van der Waals surface area contributed by atoms with Gasteiger partial charge in [0.15, 0.2) is 11.5 Å². The number of H-pyrrole nitrogens is 1. The number of aromatic amines is 1. The predicted molar refractivity (Wildman–Crippen MR) is 104 cm³/mol. The number of aromatic nitrogens is 1. The molecule has 4 heterocycles. The van der Waals surface area contributed by atoms with Gasteiger partial charge in [0, 0.05) is 35.8 Å². The minimum atomic E-state index is -0.722. The summed E-state index contributed by atoms with van der Waals surface area (Å²) in [4.78, 5) is 30.9. The molecule has 2 N–H and O–H groups in total. The van der Waals surface area contributed by atoms with E-state index in [9.17, 15) is 14.7 Å². The minimum absolute atomic E-state index is 0.0349. The molecule has 2 aromatic heterocycles. The first-order valence-electron chi connectivity index (χ1n) is 9.65. The second-order valence-electron chi connectivity index (χ2n) is 7.35. The number of carbonyl (C=O) groups is 2. The van der Waals surface area contributed by atoms with Crippen LogP contribution in [0.25, 0.3) is 10.9 Å². The van der Waals surface area contributed by atoms with Gasteiger partial charge in [-0.25, -0.2) is 0 Å². The fraction of sp³-hybridized carbons (Fsp3) is 0.273. The van der Waals surface area contributed by atoms with E-state index in [2.05, 4.69) is 4.98 Å². The number of rotatable bonds is 5. The lowest BCUT2D eigenvalue weighted by Gasteiger charge is -2.28. The van der Waals surface area contributed by atoms with Crippen molar-refractivity contribution in [3.05, 3.63) is 71.5 Å². The molecular formula is C22H20N2O5. The van der Waals surface area contributed by atoms with Gasteiger partial charge in [-0.05, 0) is 31.0 Å². The molecule has 2 aliphatic rings. The molecule has 5 rings (SSSR count). The largest absolute Gasteiger partial charge is 0.503 e. The Balaban J connectivity index is 1.63. The van der Waals surface area contributed by atoms with Gasteiger partial charge >= 0.3 is 0 Å². The highest BCUT2D eigenvalue weighted by atomic mass is 16.5. The number of para-hydroxylation sites is 1. The quantitative estimate of drug-likeness (QED) is 0.648. The van der Waals surface area contributed by atoms with E-state index in [0.717, 1.165) is 29.3 Å². The van der Waals surface area contributed by atoms with E-state index in [4.69, 9.17) is 9.15 Å². The standard InChI is InChI=1S/C22H20N2O5/c25-20(17-8-4-10-29-17)18-19(15-11-23-16-7-2-1-6-14(15)16)24(22(27)21(18)26)12-13-5-3-9-28-13/h1-2,4,6-8,10-11,13,19,23,26H,3,5,9,12H2. The number of furan rings is 1.